The van der Waals surface area contributed by atoms with Gasteiger partial charge in [0.15, 0.2) is 0 Å². The number of benzene rings is 1. The molecule has 1 aromatic heterocycles. The molecule has 0 amide bonds. The molecular formula is C19H26N4O2. The third-order valence-corrected chi connectivity index (χ3v) is 4.45. The summed E-state index contributed by atoms with van der Waals surface area (Å²) in [6, 6.07) is 10.3. The van der Waals surface area contributed by atoms with Crippen LogP contribution < -0.4 is 10.2 Å². The first kappa shape index (κ1) is 17.8. The Kier molecular flexibility index (Phi) is 6.73. The number of nitrogens with one attached hydrogen (secondary N) is 1. The number of aliphatic hydroxyl groups is 1. The van der Waals surface area contributed by atoms with E-state index in [9.17, 15) is 5.11 Å². The molecule has 1 atom stereocenters. The summed E-state index contributed by atoms with van der Waals surface area (Å²) in [6.07, 6.45) is 4.52. The molecule has 0 saturated carbocycles. The monoisotopic (exact) mass is 342 g/mol. The van der Waals surface area contributed by atoms with E-state index >= 15 is 0 Å². The first-order chi connectivity index (χ1) is 12.4. The number of aliphatic hydroxyl groups excluding tert-OH is 1. The van der Waals surface area contributed by atoms with Gasteiger partial charge in [0.2, 0.25) is 5.95 Å². The van der Waals surface area contributed by atoms with Gasteiger partial charge in [-0.25, -0.2) is 9.97 Å². The summed E-state index contributed by atoms with van der Waals surface area (Å²) in [5.74, 6) is 1.08. The first-order valence-corrected chi connectivity index (χ1v) is 8.87. The smallest absolute Gasteiger partial charge is 0.225 e. The minimum Gasteiger partial charge on any atom is -0.396 e. The van der Waals surface area contributed by atoms with Crippen LogP contribution in [0.5, 0.6) is 0 Å². The second kappa shape index (κ2) is 9.46. The molecule has 1 unspecified atom stereocenters. The van der Waals surface area contributed by atoms with E-state index < -0.39 is 0 Å². The van der Waals surface area contributed by atoms with E-state index in [4.69, 9.17) is 4.74 Å². The Hall–Kier alpha value is -2.02. The zero-order valence-corrected chi connectivity index (χ0v) is 14.5. The normalized spacial score (nSPS) is 16.0. The topological polar surface area (TPSA) is 70.5 Å². The maximum absolute atomic E-state index is 9.31. The minimum absolute atomic E-state index is 0.193. The number of rotatable bonds is 8. The number of anilines is 1. The highest BCUT2D eigenvalue weighted by Crippen LogP contribution is 2.18. The summed E-state index contributed by atoms with van der Waals surface area (Å²) >= 11 is 0. The average molecular weight is 342 g/mol. The zero-order chi connectivity index (χ0) is 17.3. The number of hydrogen-bond acceptors (Lipinski definition) is 6. The van der Waals surface area contributed by atoms with Gasteiger partial charge in [0.1, 0.15) is 0 Å². The number of hydrogen-bond donors (Lipinski definition) is 2. The van der Waals surface area contributed by atoms with Crippen LogP contribution in [-0.4, -0.2) is 54.5 Å². The van der Waals surface area contributed by atoms with Crippen molar-refractivity contribution in [1.82, 2.24) is 15.3 Å². The molecule has 1 aromatic carbocycles. The van der Waals surface area contributed by atoms with Crippen LogP contribution in [0.4, 0.5) is 5.95 Å². The summed E-state index contributed by atoms with van der Waals surface area (Å²) in [4.78, 5) is 11.1. The summed E-state index contributed by atoms with van der Waals surface area (Å²) in [5, 5.41) is 12.8. The lowest BCUT2D eigenvalue weighted by Gasteiger charge is -2.26. The highest BCUT2D eigenvalue weighted by atomic mass is 16.5. The lowest BCUT2D eigenvalue weighted by Crippen LogP contribution is -2.37. The molecule has 2 aromatic rings. The molecule has 1 fully saturated rings. The van der Waals surface area contributed by atoms with E-state index in [-0.39, 0.29) is 6.61 Å². The van der Waals surface area contributed by atoms with Crippen LogP contribution in [-0.2, 0) is 11.3 Å². The number of aromatic nitrogens is 2. The van der Waals surface area contributed by atoms with Gasteiger partial charge in [0, 0.05) is 50.7 Å². The second-order valence-corrected chi connectivity index (χ2v) is 6.24. The van der Waals surface area contributed by atoms with Gasteiger partial charge in [-0.3, -0.25) is 0 Å². The fraction of sp³-hybridized carbons (Fsp3) is 0.474. The van der Waals surface area contributed by atoms with E-state index in [2.05, 4.69) is 32.3 Å². The number of morpholine rings is 1. The van der Waals surface area contributed by atoms with Crippen LogP contribution in [0.3, 0.4) is 0 Å². The SMILES string of the molecule is OCCC(CNCc1cnc(N2CCOCC2)nc1)c1ccccc1. The molecule has 0 bridgehead atoms. The van der Waals surface area contributed by atoms with Gasteiger partial charge < -0.3 is 20.1 Å². The van der Waals surface area contributed by atoms with E-state index in [0.29, 0.717) is 5.92 Å². The molecule has 0 aliphatic carbocycles. The molecule has 1 aliphatic heterocycles. The van der Waals surface area contributed by atoms with Crippen molar-refractivity contribution in [2.24, 2.45) is 0 Å². The fourth-order valence-corrected chi connectivity index (χ4v) is 3.02. The summed E-state index contributed by atoms with van der Waals surface area (Å²) in [6.45, 7) is 4.89. The number of nitrogens with zero attached hydrogens (tertiary/aromatic N) is 3. The Morgan fingerprint density at radius 2 is 1.84 bits per heavy atom. The van der Waals surface area contributed by atoms with Gasteiger partial charge in [0.05, 0.1) is 13.2 Å². The van der Waals surface area contributed by atoms with Crippen molar-refractivity contribution < 1.29 is 9.84 Å². The molecule has 2 heterocycles. The molecule has 2 N–H and O–H groups in total. The van der Waals surface area contributed by atoms with Gasteiger partial charge in [0.25, 0.3) is 0 Å². The van der Waals surface area contributed by atoms with E-state index in [1.807, 2.05) is 30.6 Å². The Balaban J connectivity index is 1.50. The van der Waals surface area contributed by atoms with E-state index in [1.165, 1.54) is 5.56 Å². The maximum Gasteiger partial charge on any atom is 0.225 e. The fourth-order valence-electron chi connectivity index (χ4n) is 3.02. The van der Waals surface area contributed by atoms with Gasteiger partial charge in [-0.2, -0.15) is 0 Å². The van der Waals surface area contributed by atoms with Crippen LogP contribution in [0.1, 0.15) is 23.5 Å². The Bertz CT molecular complexity index is 615. The van der Waals surface area contributed by atoms with Gasteiger partial charge in [-0.1, -0.05) is 30.3 Å². The van der Waals surface area contributed by atoms with Crippen molar-refractivity contribution in [2.75, 3.05) is 44.4 Å². The summed E-state index contributed by atoms with van der Waals surface area (Å²) in [7, 11) is 0. The largest absolute Gasteiger partial charge is 0.396 e. The highest BCUT2D eigenvalue weighted by molar-refractivity contribution is 5.30. The molecule has 134 valence electrons. The predicted molar refractivity (Wildman–Crippen MR) is 97.7 cm³/mol. The number of ether oxygens (including phenoxy) is 1. The van der Waals surface area contributed by atoms with Crippen molar-refractivity contribution in [3.05, 3.63) is 53.9 Å². The molecule has 6 heteroatoms. The van der Waals surface area contributed by atoms with E-state index in [0.717, 1.165) is 57.3 Å². The average Bonchev–Trinajstić information content (AvgIpc) is 2.69. The van der Waals surface area contributed by atoms with Gasteiger partial charge >= 0.3 is 0 Å². The van der Waals surface area contributed by atoms with Crippen LogP contribution in [0.2, 0.25) is 0 Å². The molecule has 1 saturated heterocycles. The predicted octanol–water partition coefficient (Wildman–Crippen LogP) is 1.57. The Morgan fingerprint density at radius 1 is 1.12 bits per heavy atom. The minimum atomic E-state index is 0.193. The van der Waals surface area contributed by atoms with Crippen molar-refractivity contribution in [1.29, 1.82) is 0 Å². The standard InChI is InChI=1S/C19H26N4O2/c24-9-6-18(17-4-2-1-3-5-17)15-20-12-16-13-21-19(22-14-16)23-7-10-25-11-8-23/h1-5,13-14,18,20,24H,6-12,15H2. The molecular weight excluding hydrogens is 316 g/mol. The molecule has 1 aliphatic rings. The summed E-state index contributed by atoms with van der Waals surface area (Å²) < 4.78 is 5.35. The van der Waals surface area contributed by atoms with Crippen LogP contribution in [0.15, 0.2) is 42.7 Å². The quantitative estimate of drug-likeness (QED) is 0.759. The maximum atomic E-state index is 9.31. The summed E-state index contributed by atoms with van der Waals surface area (Å²) in [5.41, 5.74) is 2.32. The lowest BCUT2D eigenvalue weighted by atomic mass is 9.96. The molecule has 0 spiro atoms. The van der Waals surface area contributed by atoms with Crippen LogP contribution in [0.25, 0.3) is 0 Å². The Morgan fingerprint density at radius 3 is 2.52 bits per heavy atom. The first-order valence-electron chi connectivity index (χ1n) is 8.87. The highest BCUT2D eigenvalue weighted by Gasteiger charge is 2.14. The second-order valence-electron chi connectivity index (χ2n) is 6.24. The van der Waals surface area contributed by atoms with Crippen LogP contribution >= 0.6 is 0 Å². The van der Waals surface area contributed by atoms with Crippen molar-refractivity contribution >= 4 is 5.95 Å². The van der Waals surface area contributed by atoms with Gasteiger partial charge in [-0.05, 0) is 17.9 Å². The lowest BCUT2D eigenvalue weighted by molar-refractivity contribution is 0.122. The molecule has 3 rings (SSSR count). The van der Waals surface area contributed by atoms with Crippen molar-refractivity contribution in [3.63, 3.8) is 0 Å². The zero-order valence-electron chi connectivity index (χ0n) is 14.5. The molecule has 25 heavy (non-hydrogen) atoms. The Labute approximate surface area is 148 Å². The third-order valence-electron chi connectivity index (χ3n) is 4.45. The van der Waals surface area contributed by atoms with E-state index in [1.54, 1.807) is 0 Å². The third kappa shape index (κ3) is 5.22. The van der Waals surface area contributed by atoms with Crippen LogP contribution in [0, 0.1) is 0 Å². The van der Waals surface area contributed by atoms with Crippen molar-refractivity contribution in [2.45, 2.75) is 18.9 Å². The van der Waals surface area contributed by atoms with Gasteiger partial charge in [-0.15, -0.1) is 0 Å². The molecule has 0 radical (unpaired) electrons. The molecule has 6 nitrogen and oxygen atoms in total. The van der Waals surface area contributed by atoms with Crippen molar-refractivity contribution in [3.8, 4) is 0 Å².